The minimum Gasteiger partial charge on any atom is -0.357 e. The third-order valence-corrected chi connectivity index (χ3v) is 3.71. The summed E-state index contributed by atoms with van der Waals surface area (Å²) in [4.78, 5) is 8.79. The van der Waals surface area contributed by atoms with Gasteiger partial charge >= 0.3 is 0 Å². The fourth-order valence-corrected chi connectivity index (χ4v) is 2.32. The molecule has 1 aromatic heterocycles. The molecule has 0 unspecified atom stereocenters. The lowest BCUT2D eigenvalue weighted by molar-refractivity contribution is 0.380. The first-order valence-corrected chi connectivity index (χ1v) is 9.09. The quantitative estimate of drug-likeness (QED) is 0.273. The van der Waals surface area contributed by atoms with Crippen molar-refractivity contribution in [2.45, 2.75) is 13.5 Å². The maximum atomic E-state index is 5.97. The van der Waals surface area contributed by atoms with Gasteiger partial charge in [-0.15, -0.1) is 24.0 Å². The van der Waals surface area contributed by atoms with Gasteiger partial charge in [0.15, 0.2) is 5.96 Å². The largest absolute Gasteiger partial charge is 0.357 e. The van der Waals surface area contributed by atoms with E-state index >= 15 is 0 Å². The van der Waals surface area contributed by atoms with Gasteiger partial charge < -0.3 is 15.2 Å². The number of aliphatic imine (C=N–C) groups is 1. The molecule has 1 heterocycles. The standard InChI is InChI=1S/C15H20ClN5OS.HI/c1-3-17-15(18-7-8-23-2)19-10-13-20-14(21-22-13)11-5-4-6-12(16)9-11;/h4-6,9H,3,7-8,10H2,1-2H3,(H2,17,18,19);1H. The van der Waals surface area contributed by atoms with E-state index in [-0.39, 0.29) is 24.0 Å². The van der Waals surface area contributed by atoms with E-state index in [1.807, 2.05) is 19.1 Å². The summed E-state index contributed by atoms with van der Waals surface area (Å²) in [5.74, 6) is 2.73. The molecule has 9 heteroatoms. The van der Waals surface area contributed by atoms with E-state index in [4.69, 9.17) is 16.1 Å². The molecular formula is C15H21ClIN5OS. The fourth-order valence-electron chi connectivity index (χ4n) is 1.82. The Bertz CT molecular complexity index is 652. The van der Waals surface area contributed by atoms with Crippen molar-refractivity contribution in [1.82, 2.24) is 20.8 Å². The van der Waals surface area contributed by atoms with Crippen LogP contribution in [0, 0.1) is 0 Å². The van der Waals surface area contributed by atoms with Crippen molar-refractivity contribution in [3.05, 3.63) is 35.2 Å². The molecule has 0 aliphatic carbocycles. The fraction of sp³-hybridized carbons (Fsp3) is 0.400. The lowest BCUT2D eigenvalue weighted by atomic mass is 10.2. The van der Waals surface area contributed by atoms with E-state index in [0.717, 1.165) is 30.4 Å². The van der Waals surface area contributed by atoms with Crippen molar-refractivity contribution < 1.29 is 4.52 Å². The average Bonchev–Trinajstić information content (AvgIpc) is 3.02. The topological polar surface area (TPSA) is 75.3 Å². The zero-order chi connectivity index (χ0) is 16.5. The highest BCUT2D eigenvalue weighted by atomic mass is 127. The summed E-state index contributed by atoms with van der Waals surface area (Å²) >= 11 is 7.75. The summed E-state index contributed by atoms with van der Waals surface area (Å²) in [5, 5.41) is 11.0. The number of guanidine groups is 1. The first-order chi connectivity index (χ1) is 11.2. The Labute approximate surface area is 168 Å². The van der Waals surface area contributed by atoms with Gasteiger partial charge in [-0.2, -0.15) is 16.7 Å². The van der Waals surface area contributed by atoms with Crippen LogP contribution in [-0.4, -0.2) is 41.2 Å². The number of halogens is 2. The molecule has 0 spiro atoms. The molecular weight excluding hydrogens is 461 g/mol. The number of aromatic nitrogens is 2. The average molecular weight is 482 g/mol. The van der Waals surface area contributed by atoms with Crippen molar-refractivity contribution in [2.24, 2.45) is 4.99 Å². The van der Waals surface area contributed by atoms with Gasteiger partial charge in [-0.05, 0) is 25.3 Å². The Morgan fingerprint density at radius 3 is 2.92 bits per heavy atom. The summed E-state index contributed by atoms with van der Waals surface area (Å²) in [6, 6.07) is 7.34. The molecule has 0 radical (unpaired) electrons. The van der Waals surface area contributed by atoms with Crippen molar-refractivity contribution in [3.8, 4) is 11.4 Å². The number of nitrogens with one attached hydrogen (secondary N) is 2. The van der Waals surface area contributed by atoms with E-state index in [1.165, 1.54) is 0 Å². The third kappa shape index (κ3) is 6.86. The second kappa shape index (κ2) is 11.5. The van der Waals surface area contributed by atoms with Gasteiger partial charge in [0, 0.05) is 29.4 Å². The predicted octanol–water partition coefficient (Wildman–Crippen LogP) is 3.43. The second-order valence-corrected chi connectivity index (χ2v) is 6.06. The molecule has 0 atom stereocenters. The molecule has 0 saturated carbocycles. The van der Waals surface area contributed by atoms with Crippen molar-refractivity contribution in [2.75, 3.05) is 25.1 Å². The van der Waals surface area contributed by atoms with Crippen LogP contribution in [0.2, 0.25) is 5.02 Å². The Morgan fingerprint density at radius 2 is 2.21 bits per heavy atom. The van der Waals surface area contributed by atoms with Crippen molar-refractivity contribution in [1.29, 1.82) is 0 Å². The van der Waals surface area contributed by atoms with Crippen LogP contribution in [0.15, 0.2) is 33.8 Å². The summed E-state index contributed by atoms with van der Waals surface area (Å²) in [6.07, 6.45) is 2.07. The van der Waals surface area contributed by atoms with Gasteiger partial charge in [0.05, 0.1) is 0 Å². The molecule has 0 amide bonds. The molecule has 24 heavy (non-hydrogen) atoms. The van der Waals surface area contributed by atoms with Crippen LogP contribution in [0.3, 0.4) is 0 Å². The van der Waals surface area contributed by atoms with Gasteiger partial charge in [0.25, 0.3) is 0 Å². The van der Waals surface area contributed by atoms with E-state index in [0.29, 0.717) is 23.3 Å². The summed E-state index contributed by atoms with van der Waals surface area (Å²) in [7, 11) is 0. The SMILES string of the molecule is CCNC(=NCc1nc(-c2cccc(Cl)c2)no1)NCCSC.I. The number of nitrogens with zero attached hydrogens (tertiary/aromatic N) is 3. The maximum absolute atomic E-state index is 5.97. The normalized spacial score (nSPS) is 11.0. The molecule has 0 fully saturated rings. The maximum Gasteiger partial charge on any atom is 0.248 e. The van der Waals surface area contributed by atoms with Crippen LogP contribution in [0.5, 0.6) is 0 Å². The van der Waals surface area contributed by atoms with Gasteiger partial charge in [0.1, 0.15) is 6.54 Å². The van der Waals surface area contributed by atoms with Crippen LogP contribution < -0.4 is 10.6 Å². The number of rotatable bonds is 7. The molecule has 0 bridgehead atoms. The second-order valence-electron chi connectivity index (χ2n) is 4.64. The van der Waals surface area contributed by atoms with Crippen molar-refractivity contribution >= 4 is 53.3 Å². The molecule has 2 rings (SSSR count). The smallest absolute Gasteiger partial charge is 0.248 e. The number of benzene rings is 1. The first kappa shape index (κ1) is 21.0. The number of hydrogen-bond acceptors (Lipinski definition) is 5. The molecule has 0 aliphatic heterocycles. The van der Waals surface area contributed by atoms with E-state index in [1.54, 1.807) is 23.9 Å². The third-order valence-electron chi connectivity index (χ3n) is 2.87. The van der Waals surface area contributed by atoms with E-state index in [2.05, 4.69) is 32.0 Å². The molecule has 1 aromatic carbocycles. The van der Waals surface area contributed by atoms with Gasteiger partial charge in [-0.25, -0.2) is 4.99 Å². The number of thioether (sulfide) groups is 1. The van der Waals surface area contributed by atoms with E-state index in [9.17, 15) is 0 Å². The van der Waals surface area contributed by atoms with Gasteiger partial charge in [-0.1, -0.05) is 28.9 Å². The Kier molecular flexibility index (Phi) is 10.1. The van der Waals surface area contributed by atoms with Crippen molar-refractivity contribution in [3.63, 3.8) is 0 Å². The van der Waals surface area contributed by atoms with Gasteiger partial charge in [0.2, 0.25) is 11.7 Å². The van der Waals surface area contributed by atoms with Crippen LogP contribution in [-0.2, 0) is 6.54 Å². The summed E-state index contributed by atoms with van der Waals surface area (Å²) in [6.45, 7) is 3.99. The first-order valence-electron chi connectivity index (χ1n) is 7.32. The van der Waals surface area contributed by atoms with Crippen LogP contribution in [0.4, 0.5) is 0 Å². The minimum atomic E-state index is 0. The van der Waals surface area contributed by atoms with Crippen LogP contribution in [0.25, 0.3) is 11.4 Å². The molecule has 2 N–H and O–H groups in total. The summed E-state index contributed by atoms with van der Waals surface area (Å²) in [5.41, 5.74) is 0.821. The highest BCUT2D eigenvalue weighted by Gasteiger charge is 2.09. The Hall–Kier alpha value is -1.000. The predicted molar refractivity (Wildman–Crippen MR) is 111 cm³/mol. The van der Waals surface area contributed by atoms with E-state index < -0.39 is 0 Å². The Morgan fingerprint density at radius 1 is 1.38 bits per heavy atom. The van der Waals surface area contributed by atoms with Crippen LogP contribution in [0.1, 0.15) is 12.8 Å². The highest BCUT2D eigenvalue weighted by Crippen LogP contribution is 2.19. The zero-order valence-electron chi connectivity index (χ0n) is 13.6. The molecule has 2 aromatic rings. The monoisotopic (exact) mass is 481 g/mol. The zero-order valence-corrected chi connectivity index (χ0v) is 17.5. The lowest BCUT2D eigenvalue weighted by Crippen LogP contribution is -2.38. The van der Waals surface area contributed by atoms with Gasteiger partial charge in [-0.3, -0.25) is 0 Å². The summed E-state index contributed by atoms with van der Waals surface area (Å²) < 4.78 is 5.24. The molecule has 0 aliphatic rings. The lowest BCUT2D eigenvalue weighted by Gasteiger charge is -2.09. The van der Waals surface area contributed by atoms with Crippen LogP contribution >= 0.6 is 47.3 Å². The number of hydrogen-bond donors (Lipinski definition) is 2. The Balaban J connectivity index is 0.00000288. The molecule has 0 saturated heterocycles. The molecule has 132 valence electrons. The minimum absolute atomic E-state index is 0. The molecule has 6 nitrogen and oxygen atoms in total. The highest BCUT2D eigenvalue weighted by molar-refractivity contribution is 14.0.